The average molecular weight is 569 g/mol. The smallest absolute Gasteiger partial charge is 0.475 e. The lowest BCUT2D eigenvalue weighted by atomic mass is 10.0. The van der Waals surface area contributed by atoms with Gasteiger partial charge in [0, 0.05) is 53.5 Å². The van der Waals surface area contributed by atoms with E-state index >= 15 is 0 Å². The predicted octanol–water partition coefficient (Wildman–Crippen LogP) is 4.47. The van der Waals surface area contributed by atoms with E-state index in [1.165, 1.54) is 0 Å². The molecule has 0 aliphatic carbocycles. The van der Waals surface area contributed by atoms with Crippen molar-refractivity contribution >= 4 is 40.9 Å². The Bertz CT molecular complexity index is 1460. The van der Waals surface area contributed by atoms with Gasteiger partial charge >= 0.3 is 12.1 Å². The van der Waals surface area contributed by atoms with Gasteiger partial charge in [-0.3, -0.25) is 14.2 Å². The number of carboxylic acids is 1. The molecule has 0 bridgehead atoms. The van der Waals surface area contributed by atoms with Gasteiger partial charge in [0.1, 0.15) is 5.69 Å². The van der Waals surface area contributed by atoms with Crippen LogP contribution in [0.2, 0.25) is 10.0 Å². The number of carbonyl (C=O) groups is 2. The first-order chi connectivity index (χ1) is 17.9. The topological polar surface area (TPSA) is 136 Å². The number of imidazole rings is 1. The summed E-state index contributed by atoms with van der Waals surface area (Å²) in [6.07, 6.45) is 0.725. The van der Waals surface area contributed by atoms with E-state index in [2.05, 4.69) is 20.3 Å². The maximum absolute atomic E-state index is 12.7. The number of nitrogens with one attached hydrogen (secondary N) is 1. The number of alkyl halides is 3. The molecule has 14 heteroatoms. The molecule has 0 atom stereocenters. The Kier molecular flexibility index (Phi) is 9.26. The van der Waals surface area contributed by atoms with Gasteiger partial charge in [-0.05, 0) is 49.2 Å². The van der Waals surface area contributed by atoms with Crippen molar-refractivity contribution < 1.29 is 27.9 Å². The van der Waals surface area contributed by atoms with E-state index in [1.807, 2.05) is 25.1 Å². The number of carbonyl (C=O) groups excluding carboxylic acids is 1. The number of nitrogens with zero attached hydrogens (tertiary/aromatic N) is 4. The fourth-order valence-electron chi connectivity index (χ4n) is 3.44. The average Bonchev–Trinajstić information content (AvgIpc) is 3.28. The van der Waals surface area contributed by atoms with Gasteiger partial charge in [-0.2, -0.15) is 13.2 Å². The maximum atomic E-state index is 12.7. The van der Waals surface area contributed by atoms with Gasteiger partial charge in [0.25, 0.3) is 5.91 Å². The highest BCUT2D eigenvalue weighted by atomic mass is 35.5. The molecular weight excluding hydrogens is 548 g/mol. The molecule has 0 radical (unpaired) electrons. The highest BCUT2D eigenvalue weighted by Crippen LogP contribution is 2.34. The van der Waals surface area contributed by atoms with Gasteiger partial charge < -0.3 is 16.2 Å². The molecule has 9 nitrogen and oxygen atoms in total. The number of halogens is 5. The molecule has 0 unspecified atom stereocenters. The Labute approximate surface area is 224 Å². The first kappa shape index (κ1) is 28.8. The van der Waals surface area contributed by atoms with E-state index in [1.54, 1.807) is 35.1 Å². The van der Waals surface area contributed by atoms with Crippen molar-refractivity contribution in [3.8, 4) is 11.3 Å². The molecule has 1 amide bonds. The third-order valence-corrected chi connectivity index (χ3v) is 5.78. The molecule has 0 aliphatic rings. The van der Waals surface area contributed by atoms with E-state index in [9.17, 15) is 18.0 Å². The predicted molar refractivity (Wildman–Crippen MR) is 135 cm³/mol. The number of amides is 1. The molecule has 0 saturated heterocycles. The number of aryl methyl sites for hydroxylation is 1. The Morgan fingerprint density at radius 2 is 1.79 bits per heavy atom. The van der Waals surface area contributed by atoms with Gasteiger partial charge in [0.2, 0.25) is 5.78 Å². The van der Waals surface area contributed by atoms with Gasteiger partial charge in [-0.25, -0.2) is 14.8 Å². The van der Waals surface area contributed by atoms with E-state index < -0.39 is 12.1 Å². The monoisotopic (exact) mass is 568 g/mol. The summed E-state index contributed by atoms with van der Waals surface area (Å²) in [6.45, 7) is 2.60. The van der Waals surface area contributed by atoms with Crippen LogP contribution in [0.3, 0.4) is 0 Å². The Balaban J connectivity index is 0.000000505. The van der Waals surface area contributed by atoms with Crippen molar-refractivity contribution in [1.82, 2.24) is 24.7 Å². The largest absolute Gasteiger partial charge is 0.490 e. The number of hydrogen-bond donors (Lipinski definition) is 3. The molecule has 3 heterocycles. The fourth-order valence-corrected chi connectivity index (χ4v) is 3.93. The summed E-state index contributed by atoms with van der Waals surface area (Å²) >= 11 is 12.5. The highest BCUT2D eigenvalue weighted by molar-refractivity contribution is 6.36. The summed E-state index contributed by atoms with van der Waals surface area (Å²) in [5.41, 5.74) is 10.4. The van der Waals surface area contributed by atoms with Crippen molar-refractivity contribution in [2.45, 2.75) is 26.1 Å². The lowest BCUT2D eigenvalue weighted by molar-refractivity contribution is -0.192. The zero-order chi connectivity index (χ0) is 28.0. The number of aliphatic carboxylic acids is 1. The molecule has 4 N–H and O–H groups in total. The fraction of sp³-hybridized carbons (Fsp3) is 0.208. The molecule has 0 spiro atoms. The molecule has 3 aromatic heterocycles. The number of nitrogens with two attached hydrogens (primary N) is 1. The number of benzene rings is 1. The number of fused-ring (bicyclic) bond motifs is 1. The Morgan fingerprint density at radius 1 is 1.13 bits per heavy atom. The van der Waals surface area contributed by atoms with Crippen molar-refractivity contribution in [2.75, 3.05) is 6.54 Å². The van der Waals surface area contributed by atoms with Crippen molar-refractivity contribution in [3.63, 3.8) is 0 Å². The maximum Gasteiger partial charge on any atom is 0.490 e. The zero-order valence-electron chi connectivity index (χ0n) is 19.8. The van der Waals surface area contributed by atoms with Crippen LogP contribution in [-0.4, -0.2) is 49.1 Å². The van der Waals surface area contributed by atoms with Crippen LogP contribution in [0, 0.1) is 6.92 Å². The highest BCUT2D eigenvalue weighted by Gasteiger charge is 2.38. The van der Waals surface area contributed by atoms with Crippen LogP contribution in [-0.2, 0) is 17.8 Å². The van der Waals surface area contributed by atoms with Crippen LogP contribution < -0.4 is 11.1 Å². The summed E-state index contributed by atoms with van der Waals surface area (Å²) < 4.78 is 33.5. The molecule has 4 aromatic rings. The van der Waals surface area contributed by atoms with Gasteiger partial charge in [0.05, 0.1) is 10.7 Å². The Morgan fingerprint density at radius 3 is 2.37 bits per heavy atom. The van der Waals surface area contributed by atoms with Gasteiger partial charge in [0.15, 0.2) is 0 Å². The molecule has 0 fully saturated rings. The number of carboxylic acid groups (broad SMARTS) is 1. The number of rotatable bonds is 6. The van der Waals surface area contributed by atoms with Gasteiger partial charge in [-0.1, -0.05) is 23.2 Å². The SMILES string of the molecule is Cc1nc2nc(C(=O)NCCc3ccncc3)cn2c(-c2ccc(Cl)cc2Cl)c1CN.O=C(O)C(F)(F)F. The normalized spacial score (nSPS) is 11.1. The van der Waals surface area contributed by atoms with E-state index in [0.29, 0.717) is 28.8 Å². The number of hydrogen-bond acceptors (Lipinski definition) is 6. The second kappa shape index (κ2) is 12.2. The van der Waals surface area contributed by atoms with Crippen LogP contribution in [0.25, 0.3) is 17.0 Å². The van der Waals surface area contributed by atoms with Crippen LogP contribution >= 0.6 is 23.2 Å². The third kappa shape index (κ3) is 6.97. The van der Waals surface area contributed by atoms with Crippen LogP contribution in [0.4, 0.5) is 13.2 Å². The molecule has 0 saturated carbocycles. The molecular formula is C24H21Cl2F3N6O3. The zero-order valence-corrected chi connectivity index (χ0v) is 21.3. The molecule has 1 aromatic carbocycles. The van der Waals surface area contributed by atoms with E-state index in [-0.39, 0.29) is 18.1 Å². The van der Waals surface area contributed by atoms with Crippen LogP contribution in [0.1, 0.15) is 27.3 Å². The summed E-state index contributed by atoms with van der Waals surface area (Å²) in [7, 11) is 0. The first-order valence-electron chi connectivity index (χ1n) is 10.9. The second-order valence-electron chi connectivity index (χ2n) is 7.81. The summed E-state index contributed by atoms with van der Waals surface area (Å²) in [4.78, 5) is 34.6. The van der Waals surface area contributed by atoms with Crippen LogP contribution in [0.5, 0.6) is 0 Å². The van der Waals surface area contributed by atoms with Crippen molar-refractivity contribution in [2.24, 2.45) is 5.73 Å². The summed E-state index contributed by atoms with van der Waals surface area (Å²) in [5.74, 6) is -2.64. The standard InChI is InChI=1S/C22H20Cl2N6O.C2HF3O2/c1-13-17(11-25)20(16-3-2-15(23)10-18(16)24)30-12-19(29-22(30)28-13)21(31)27-9-6-14-4-7-26-8-5-14;3-2(4,5)1(6)7/h2-5,7-8,10,12H,6,9,11,25H2,1H3,(H,27,31);(H,6,7). The van der Waals surface area contributed by atoms with E-state index in [4.69, 9.17) is 38.8 Å². The van der Waals surface area contributed by atoms with Gasteiger partial charge in [-0.15, -0.1) is 0 Å². The number of pyridine rings is 1. The summed E-state index contributed by atoms with van der Waals surface area (Å²) in [6, 6.07) is 9.09. The van der Waals surface area contributed by atoms with Crippen LogP contribution in [0.15, 0.2) is 48.9 Å². The molecule has 0 aliphatic heterocycles. The minimum Gasteiger partial charge on any atom is -0.475 e. The molecule has 200 valence electrons. The van der Waals surface area contributed by atoms with Crippen molar-refractivity contribution in [3.05, 3.63) is 81.5 Å². The summed E-state index contributed by atoms with van der Waals surface area (Å²) in [5, 5.41) is 11.0. The van der Waals surface area contributed by atoms with E-state index in [0.717, 1.165) is 28.1 Å². The quantitative estimate of drug-likeness (QED) is 0.312. The minimum absolute atomic E-state index is 0.259. The van der Waals surface area contributed by atoms with Crippen molar-refractivity contribution in [1.29, 1.82) is 0 Å². The third-order valence-electron chi connectivity index (χ3n) is 5.23. The number of aromatic nitrogens is 4. The molecule has 4 rings (SSSR count). The lowest BCUT2D eigenvalue weighted by Crippen LogP contribution is -2.26. The second-order valence-corrected chi connectivity index (χ2v) is 8.66. The Hall–Kier alpha value is -3.74. The first-order valence-corrected chi connectivity index (χ1v) is 11.7. The molecule has 38 heavy (non-hydrogen) atoms. The minimum atomic E-state index is -5.08. The lowest BCUT2D eigenvalue weighted by Gasteiger charge is -2.14.